The predicted octanol–water partition coefficient (Wildman–Crippen LogP) is 0.200. The van der Waals surface area contributed by atoms with Gasteiger partial charge in [0.1, 0.15) is 18.1 Å². The molecule has 1 rings (SSSR count). The molecule has 0 aliphatic rings. The fourth-order valence-corrected chi connectivity index (χ4v) is 3.56. The molecule has 5 atom stereocenters. The molecule has 1 aromatic carbocycles. The molecule has 0 saturated heterocycles. The van der Waals surface area contributed by atoms with Crippen LogP contribution >= 0.6 is 12.6 Å². The van der Waals surface area contributed by atoms with Gasteiger partial charge in [0.25, 0.3) is 0 Å². The molecule has 0 radical (unpaired) electrons. The minimum atomic E-state index is -1.15. The molecule has 1 aromatic rings. The van der Waals surface area contributed by atoms with Crippen molar-refractivity contribution >= 4 is 36.3 Å². The molecule has 8 N–H and O–H groups in total. The highest BCUT2D eigenvalue weighted by Gasteiger charge is 2.31. The van der Waals surface area contributed by atoms with Crippen molar-refractivity contribution in [2.75, 3.05) is 12.3 Å². The van der Waals surface area contributed by atoms with E-state index in [0.717, 1.165) is 5.56 Å². The highest BCUT2D eigenvalue weighted by atomic mass is 32.1. The zero-order chi connectivity index (χ0) is 26.4. The van der Waals surface area contributed by atoms with Crippen LogP contribution in [-0.4, -0.2) is 65.3 Å². The lowest BCUT2D eigenvalue weighted by molar-refractivity contribution is -0.143. The number of amides is 3. The number of nitrogens with two attached hydrogens (primary N) is 2. The predicted molar refractivity (Wildman–Crippen MR) is 138 cm³/mol. The van der Waals surface area contributed by atoms with Gasteiger partial charge < -0.3 is 32.5 Å². The molecule has 35 heavy (non-hydrogen) atoms. The van der Waals surface area contributed by atoms with Crippen LogP contribution in [0.4, 0.5) is 0 Å². The van der Waals surface area contributed by atoms with Crippen molar-refractivity contribution < 1.29 is 24.3 Å². The number of benzene rings is 1. The Balaban J connectivity index is 3.12. The van der Waals surface area contributed by atoms with Gasteiger partial charge in [-0.15, -0.1) is 0 Å². The van der Waals surface area contributed by atoms with Crippen LogP contribution in [0.25, 0.3) is 0 Å². The van der Waals surface area contributed by atoms with E-state index >= 15 is 0 Å². The van der Waals surface area contributed by atoms with E-state index in [0.29, 0.717) is 32.2 Å². The summed E-state index contributed by atoms with van der Waals surface area (Å²) in [5, 5.41) is 17.5. The molecular formula is C24H39N5O5S. The number of thiol groups is 1. The third-order valence-corrected chi connectivity index (χ3v) is 6.20. The van der Waals surface area contributed by atoms with Crippen molar-refractivity contribution in [3.05, 3.63) is 35.9 Å². The zero-order valence-corrected chi connectivity index (χ0v) is 21.3. The average Bonchev–Trinajstić information content (AvgIpc) is 2.85. The first kappa shape index (κ1) is 30.4. The number of carboxylic acid groups (broad SMARTS) is 1. The van der Waals surface area contributed by atoms with Gasteiger partial charge in [-0.2, -0.15) is 12.6 Å². The third kappa shape index (κ3) is 10.7. The summed E-state index contributed by atoms with van der Waals surface area (Å²) in [6.45, 7) is 4.00. The molecule has 11 heteroatoms. The number of hydrogen-bond acceptors (Lipinski definition) is 7. The van der Waals surface area contributed by atoms with Gasteiger partial charge in [-0.25, -0.2) is 4.79 Å². The molecule has 0 aliphatic carbocycles. The number of rotatable bonds is 16. The molecule has 0 fully saturated rings. The summed E-state index contributed by atoms with van der Waals surface area (Å²) in [6, 6.07) is 5.08. The Labute approximate surface area is 212 Å². The van der Waals surface area contributed by atoms with E-state index in [9.17, 15) is 24.3 Å². The summed E-state index contributed by atoms with van der Waals surface area (Å²) in [5.41, 5.74) is 12.1. The lowest BCUT2D eigenvalue weighted by Crippen LogP contribution is -2.58. The van der Waals surface area contributed by atoms with Crippen LogP contribution in [-0.2, 0) is 25.6 Å². The standard InChI is InChI=1S/C24H39N5O5S/c1-3-15(2)20(24(33)34)29-23(32)19(13-16-9-5-4-6-10-16)28-22(31)18(11-7-8-12-25)27-21(30)17(26)14-35/h4-6,9-10,15,17-20,35H,3,7-8,11-14,25-26H2,1-2H3,(H,27,30)(H,28,31)(H,29,32)(H,33,34). The van der Waals surface area contributed by atoms with Crippen LogP contribution in [0.2, 0.25) is 0 Å². The quantitative estimate of drug-likeness (QED) is 0.123. The van der Waals surface area contributed by atoms with Crippen molar-refractivity contribution in [2.24, 2.45) is 17.4 Å². The first-order valence-corrected chi connectivity index (χ1v) is 12.5. The van der Waals surface area contributed by atoms with E-state index in [-0.39, 0.29) is 18.1 Å². The summed E-state index contributed by atoms with van der Waals surface area (Å²) in [7, 11) is 0. The van der Waals surface area contributed by atoms with E-state index < -0.39 is 47.9 Å². The molecule has 0 heterocycles. The van der Waals surface area contributed by atoms with Crippen molar-refractivity contribution in [3.63, 3.8) is 0 Å². The van der Waals surface area contributed by atoms with Gasteiger partial charge in [0.15, 0.2) is 0 Å². The SMILES string of the molecule is CCC(C)C(NC(=O)C(Cc1ccccc1)NC(=O)C(CCCCN)NC(=O)C(N)CS)C(=O)O. The second-order valence-electron chi connectivity index (χ2n) is 8.60. The van der Waals surface area contributed by atoms with Crippen molar-refractivity contribution in [2.45, 2.75) is 70.1 Å². The van der Waals surface area contributed by atoms with Crippen LogP contribution in [0.3, 0.4) is 0 Å². The van der Waals surface area contributed by atoms with E-state index in [1.807, 2.05) is 25.1 Å². The Kier molecular flexibility index (Phi) is 14.0. The highest BCUT2D eigenvalue weighted by molar-refractivity contribution is 7.80. The van der Waals surface area contributed by atoms with E-state index in [1.54, 1.807) is 19.1 Å². The van der Waals surface area contributed by atoms with Gasteiger partial charge in [0, 0.05) is 12.2 Å². The molecule has 0 spiro atoms. The molecule has 0 aromatic heterocycles. The molecule has 0 saturated carbocycles. The normalized spacial score (nSPS) is 15.2. The summed E-state index contributed by atoms with van der Waals surface area (Å²) < 4.78 is 0. The fraction of sp³-hybridized carbons (Fsp3) is 0.583. The lowest BCUT2D eigenvalue weighted by atomic mass is 9.98. The number of carboxylic acids is 1. The maximum absolute atomic E-state index is 13.2. The van der Waals surface area contributed by atoms with Gasteiger partial charge in [0.2, 0.25) is 17.7 Å². The number of carbonyl (C=O) groups excluding carboxylic acids is 3. The van der Waals surface area contributed by atoms with Gasteiger partial charge >= 0.3 is 5.97 Å². The molecule has 3 amide bonds. The van der Waals surface area contributed by atoms with Crippen LogP contribution in [0, 0.1) is 5.92 Å². The maximum Gasteiger partial charge on any atom is 0.326 e. The second kappa shape index (κ2) is 16.1. The molecule has 196 valence electrons. The minimum Gasteiger partial charge on any atom is -0.480 e. The number of unbranched alkanes of at least 4 members (excludes halogenated alkanes) is 1. The van der Waals surface area contributed by atoms with Crippen LogP contribution in [0.1, 0.15) is 45.1 Å². The topological polar surface area (TPSA) is 177 Å². The van der Waals surface area contributed by atoms with Gasteiger partial charge in [-0.3, -0.25) is 14.4 Å². The second-order valence-corrected chi connectivity index (χ2v) is 8.96. The van der Waals surface area contributed by atoms with E-state index in [2.05, 4.69) is 28.6 Å². The number of nitrogens with one attached hydrogen (secondary N) is 3. The highest BCUT2D eigenvalue weighted by Crippen LogP contribution is 2.11. The lowest BCUT2D eigenvalue weighted by Gasteiger charge is -2.26. The van der Waals surface area contributed by atoms with Crippen molar-refractivity contribution in [1.82, 2.24) is 16.0 Å². The van der Waals surface area contributed by atoms with Gasteiger partial charge in [-0.05, 0) is 37.3 Å². The Morgan fingerprint density at radius 3 is 2.11 bits per heavy atom. The van der Waals surface area contributed by atoms with Crippen molar-refractivity contribution in [1.29, 1.82) is 0 Å². The monoisotopic (exact) mass is 509 g/mol. The Hall–Kier alpha value is -2.63. The largest absolute Gasteiger partial charge is 0.480 e. The maximum atomic E-state index is 13.2. The number of carbonyl (C=O) groups is 4. The Morgan fingerprint density at radius 1 is 0.971 bits per heavy atom. The smallest absolute Gasteiger partial charge is 0.326 e. The fourth-order valence-electron chi connectivity index (χ4n) is 3.39. The number of aliphatic carboxylic acids is 1. The van der Waals surface area contributed by atoms with Crippen molar-refractivity contribution in [3.8, 4) is 0 Å². The first-order valence-electron chi connectivity index (χ1n) is 11.9. The third-order valence-electron chi connectivity index (χ3n) is 5.81. The average molecular weight is 510 g/mol. The molecule has 5 unspecified atom stereocenters. The molecular weight excluding hydrogens is 470 g/mol. The van der Waals surface area contributed by atoms with E-state index in [4.69, 9.17) is 11.5 Å². The van der Waals surface area contributed by atoms with Crippen LogP contribution in [0.15, 0.2) is 30.3 Å². The minimum absolute atomic E-state index is 0.105. The summed E-state index contributed by atoms with van der Waals surface area (Å²) >= 11 is 4.02. The van der Waals surface area contributed by atoms with Crippen LogP contribution in [0.5, 0.6) is 0 Å². The Bertz CT molecular complexity index is 826. The van der Waals surface area contributed by atoms with E-state index in [1.165, 1.54) is 0 Å². The first-order chi connectivity index (χ1) is 16.6. The summed E-state index contributed by atoms with van der Waals surface area (Å²) in [6.07, 6.45) is 2.23. The summed E-state index contributed by atoms with van der Waals surface area (Å²) in [5.74, 6) is -3.06. The van der Waals surface area contributed by atoms with Gasteiger partial charge in [-0.1, -0.05) is 50.6 Å². The summed E-state index contributed by atoms with van der Waals surface area (Å²) in [4.78, 5) is 50.4. The zero-order valence-electron chi connectivity index (χ0n) is 20.4. The van der Waals surface area contributed by atoms with Gasteiger partial charge in [0.05, 0.1) is 6.04 Å². The number of hydrogen-bond donors (Lipinski definition) is 7. The molecule has 0 aliphatic heterocycles. The Morgan fingerprint density at radius 2 is 1.57 bits per heavy atom. The van der Waals surface area contributed by atoms with Crippen LogP contribution < -0.4 is 27.4 Å². The molecule has 0 bridgehead atoms. The molecule has 10 nitrogen and oxygen atoms in total.